The molecule has 1 aliphatic carbocycles. The Hall–Kier alpha value is -2.58. The predicted octanol–water partition coefficient (Wildman–Crippen LogP) is 4.54. The Morgan fingerprint density at radius 2 is 2.15 bits per heavy atom. The van der Waals surface area contributed by atoms with Gasteiger partial charge in [0.25, 0.3) is 6.01 Å². The van der Waals surface area contributed by atoms with Crippen LogP contribution in [0.5, 0.6) is 5.75 Å². The Bertz CT molecular complexity index is 819. The number of rotatable bonds is 5. The van der Waals surface area contributed by atoms with Gasteiger partial charge in [-0.25, -0.2) is 4.79 Å². The summed E-state index contributed by atoms with van der Waals surface area (Å²) in [5.41, 5.74) is 0.381. The molecule has 3 rings (SSSR count). The number of nitrogens with zero attached hydrogens (tertiary/aromatic N) is 2. The van der Waals surface area contributed by atoms with Crippen molar-refractivity contribution in [3.8, 4) is 5.75 Å². The van der Waals surface area contributed by atoms with E-state index in [9.17, 15) is 18.7 Å². The maximum Gasteiger partial charge on any atom is 0.407 e. The molecule has 1 aromatic heterocycles. The normalized spacial score (nSPS) is 20.2. The maximum atomic E-state index is 12.3. The number of oxazole rings is 1. The summed E-state index contributed by atoms with van der Waals surface area (Å²) in [6.45, 7) is 2.73. The first-order valence-electron chi connectivity index (χ1n) is 8.77. The second-order valence-electron chi connectivity index (χ2n) is 7.66. The monoisotopic (exact) mass is 383 g/mol. The molecule has 1 saturated carbocycles. The summed E-state index contributed by atoms with van der Waals surface area (Å²) in [4.78, 5) is 17.4. The van der Waals surface area contributed by atoms with Gasteiger partial charge in [0, 0.05) is 23.7 Å². The molecule has 1 aromatic carbocycles. The number of hydrogen-bond donors (Lipinski definition) is 2. The maximum absolute atomic E-state index is 12.3. The van der Waals surface area contributed by atoms with Gasteiger partial charge in [0.05, 0.1) is 0 Å². The Morgan fingerprint density at radius 1 is 1.41 bits per heavy atom. The van der Waals surface area contributed by atoms with Crippen LogP contribution in [0.15, 0.2) is 22.6 Å². The fourth-order valence-corrected chi connectivity index (χ4v) is 3.63. The number of fused-ring (bicyclic) bond motifs is 1. The minimum absolute atomic E-state index is 0.00316. The van der Waals surface area contributed by atoms with Crippen LogP contribution >= 0.6 is 0 Å². The molecule has 1 amide bonds. The van der Waals surface area contributed by atoms with Crippen LogP contribution in [0.25, 0.3) is 11.1 Å². The van der Waals surface area contributed by atoms with Gasteiger partial charge >= 0.3 is 12.7 Å². The largest absolute Gasteiger partial charge is 0.465 e. The summed E-state index contributed by atoms with van der Waals surface area (Å²) < 4.78 is 34.6. The summed E-state index contributed by atoms with van der Waals surface area (Å²) in [5.74, 6) is 0.00316. The van der Waals surface area contributed by atoms with Crippen LogP contribution in [-0.4, -0.2) is 45.3 Å². The van der Waals surface area contributed by atoms with Gasteiger partial charge in [0.15, 0.2) is 5.58 Å². The molecule has 2 atom stereocenters. The van der Waals surface area contributed by atoms with Gasteiger partial charge in [-0.2, -0.15) is 13.8 Å². The summed E-state index contributed by atoms with van der Waals surface area (Å²) >= 11 is 0. The van der Waals surface area contributed by atoms with Gasteiger partial charge in [0.1, 0.15) is 11.3 Å². The van der Waals surface area contributed by atoms with Crippen molar-refractivity contribution in [3.63, 3.8) is 0 Å². The molecule has 1 aliphatic rings. The fraction of sp³-hybridized carbons (Fsp3) is 0.556. The van der Waals surface area contributed by atoms with Crippen molar-refractivity contribution in [2.45, 2.75) is 64.3 Å². The van der Waals surface area contributed by atoms with Crippen LogP contribution in [0.1, 0.15) is 40.0 Å². The van der Waals surface area contributed by atoms with Crippen LogP contribution in [-0.2, 0) is 0 Å². The highest BCUT2D eigenvalue weighted by atomic mass is 19.3. The zero-order chi connectivity index (χ0) is 19.8. The number of anilines is 1. The van der Waals surface area contributed by atoms with E-state index in [1.807, 2.05) is 20.8 Å². The zero-order valence-electron chi connectivity index (χ0n) is 15.4. The number of aromatic nitrogens is 1. The first-order chi connectivity index (χ1) is 12.6. The van der Waals surface area contributed by atoms with E-state index in [2.05, 4.69) is 15.0 Å². The number of halogens is 2. The lowest BCUT2D eigenvalue weighted by molar-refractivity contribution is -0.0497. The van der Waals surface area contributed by atoms with E-state index >= 15 is 0 Å². The molecular formula is C18H23F2N3O4. The summed E-state index contributed by atoms with van der Waals surface area (Å²) in [5, 5.41) is 12.7. The molecule has 9 heteroatoms. The fourth-order valence-electron chi connectivity index (χ4n) is 3.63. The number of carboxylic acid groups (broad SMARTS) is 1. The number of hydrogen-bond acceptors (Lipinski definition) is 5. The van der Waals surface area contributed by atoms with E-state index in [1.165, 1.54) is 17.0 Å². The Kier molecular flexibility index (Phi) is 5.12. The minimum Gasteiger partial charge on any atom is -0.465 e. The SMILES string of the molecule is CC(C)(C)N(C(=O)O)[C@H]1CC[C@H](Nc2nc3ccc(OC(F)F)cc3o2)C1. The third-order valence-electron chi connectivity index (χ3n) is 4.61. The lowest BCUT2D eigenvalue weighted by Crippen LogP contribution is -2.50. The third kappa shape index (κ3) is 4.40. The second kappa shape index (κ2) is 7.21. The molecule has 0 radical (unpaired) electrons. The highest BCUT2D eigenvalue weighted by Gasteiger charge is 2.38. The lowest BCUT2D eigenvalue weighted by Gasteiger charge is -2.38. The quantitative estimate of drug-likeness (QED) is 0.788. The summed E-state index contributed by atoms with van der Waals surface area (Å²) in [6.07, 6.45) is 1.24. The molecule has 148 valence electrons. The van der Waals surface area contributed by atoms with Crippen molar-refractivity contribution < 1.29 is 27.8 Å². The molecule has 0 bridgehead atoms. The highest BCUT2D eigenvalue weighted by Crippen LogP contribution is 2.32. The molecule has 1 heterocycles. The van der Waals surface area contributed by atoms with Crippen LogP contribution in [0, 0.1) is 0 Å². The van der Waals surface area contributed by atoms with E-state index in [-0.39, 0.29) is 23.8 Å². The van der Waals surface area contributed by atoms with Gasteiger partial charge in [0.2, 0.25) is 0 Å². The van der Waals surface area contributed by atoms with Crippen molar-refractivity contribution in [3.05, 3.63) is 18.2 Å². The Labute approximate surface area is 155 Å². The van der Waals surface area contributed by atoms with Crippen LogP contribution in [0.2, 0.25) is 0 Å². The highest BCUT2D eigenvalue weighted by molar-refractivity contribution is 5.76. The van der Waals surface area contributed by atoms with Crippen molar-refractivity contribution in [1.82, 2.24) is 9.88 Å². The first-order valence-corrected chi connectivity index (χ1v) is 8.77. The number of alkyl halides is 2. The summed E-state index contributed by atoms with van der Waals surface area (Å²) in [7, 11) is 0. The lowest BCUT2D eigenvalue weighted by atomic mass is 10.0. The van der Waals surface area contributed by atoms with E-state index in [0.717, 1.165) is 12.8 Å². The zero-order valence-corrected chi connectivity index (χ0v) is 15.4. The average molecular weight is 383 g/mol. The standard InChI is InChI=1S/C18H23F2N3O4/c1-18(2,3)23(17(24)25)11-5-4-10(8-11)21-16-22-13-7-6-12(26-15(19)20)9-14(13)27-16/h6-7,9-11,15H,4-5,8H2,1-3H3,(H,21,22)(H,24,25)/t10-,11-/m0/s1. The Balaban J connectivity index is 1.68. The van der Waals surface area contributed by atoms with E-state index in [1.54, 1.807) is 6.07 Å². The molecule has 7 nitrogen and oxygen atoms in total. The van der Waals surface area contributed by atoms with Gasteiger partial charge in [-0.05, 0) is 52.2 Å². The number of amides is 1. The van der Waals surface area contributed by atoms with E-state index in [0.29, 0.717) is 17.5 Å². The van der Waals surface area contributed by atoms with Gasteiger partial charge in [-0.3, -0.25) is 0 Å². The number of ether oxygens (including phenoxy) is 1. The molecule has 2 aromatic rings. The summed E-state index contributed by atoms with van der Waals surface area (Å²) in [6, 6.07) is 4.52. The first kappa shape index (κ1) is 19.2. The van der Waals surface area contributed by atoms with Crippen molar-refractivity contribution in [1.29, 1.82) is 0 Å². The molecule has 0 saturated heterocycles. The molecule has 0 unspecified atom stereocenters. The molecule has 27 heavy (non-hydrogen) atoms. The van der Waals surface area contributed by atoms with Crippen LogP contribution < -0.4 is 10.1 Å². The smallest absolute Gasteiger partial charge is 0.407 e. The topological polar surface area (TPSA) is 87.8 Å². The van der Waals surface area contributed by atoms with Crippen molar-refractivity contribution >= 4 is 23.2 Å². The van der Waals surface area contributed by atoms with Gasteiger partial charge in [-0.1, -0.05) is 0 Å². The number of benzene rings is 1. The minimum atomic E-state index is -2.90. The van der Waals surface area contributed by atoms with Crippen LogP contribution in [0.4, 0.5) is 19.6 Å². The molecule has 2 N–H and O–H groups in total. The third-order valence-corrected chi connectivity index (χ3v) is 4.61. The number of carbonyl (C=O) groups is 1. The molecular weight excluding hydrogens is 360 g/mol. The second-order valence-corrected chi connectivity index (χ2v) is 7.66. The van der Waals surface area contributed by atoms with E-state index < -0.39 is 18.2 Å². The predicted molar refractivity (Wildman–Crippen MR) is 95.3 cm³/mol. The van der Waals surface area contributed by atoms with Gasteiger partial charge in [-0.15, -0.1) is 0 Å². The molecule has 0 aliphatic heterocycles. The van der Waals surface area contributed by atoms with Crippen molar-refractivity contribution in [2.24, 2.45) is 0 Å². The van der Waals surface area contributed by atoms with Crippen molar-refractivity contribution in [2.75, 3.05) is 5.32 Å². The average Bonchev–Trinajstić information content (AvgIpc) is 3.11. The van der Waals surface area contributed by atoms with Crippen LogP contribution in [0.3, 0.4) is 0 Å². The Morgan fingerprint density at radius 3 is 2.78 bits per heavy atom. The molecule has 1 fully saturated rings. The van der Waals surface area contributed by atoms with Gasteiger partial charge < -0.3 is 24.5 Å². The van der Waals surface area contributed by atoms with E-state index in [4.69, 9.17) is 4.42 Å². The molecule has 0 spiro atoms. The number of nitrogens with one attached hydrogen (secondary N) is 1.